The molecule has 5 aromatic carbocycles. The van der Waals surface area contributed by atoms with E-state index in [9.17, 15) is 0 Å². The second-order valence-corrected chi connectivity index (χ2v) is 12.2. The van der Waals surface area contributed by atoms with E-state index in [0.29, 0.717) is 11.8 Å². The minimum Gasteiger partial charge on any atom is -0.456 e. The molecule has 0 saturated heterocycles. The summed E-state index contributed by atoms with van der Waals surface area (Å²) in [4.78, 5) is 5.28. The minimum atomic E-state index is 0.321. The maximum absolute atomic E-state index is 6.33. The van der Waals surface area contributed by atoms with Gasteiger partial charge in [-0.3, -0.25) is 4.57 Å². The van der Waals surface area contributed by atoms with Crippen molar-refractivity contribution in [2.75, 3.05) is 0 Å². The first kappa shape index (κ1) is 26.3. The van der Waals surface area contributed by atoms with E-state index >= 15 is 0 Å². The van der Waals surface area contributed by atoms with Gasteiger partial charge in [0.25, 0.3) is 0 Å². The zero-order valence-electron chi connectivity index (χ0n) is 25.2. The number of aromatic nitrogens is 2. The van der Waals surface area contributed by atoms with E-state index in [-0.39, 0.29) is 0 Å². The Hall–Kier alpha value is -4.63. The lowest BCUT2D eigenvalue weighted by atomic mass is 9.88. The first-order chi connectivity index (χ1) is 20.3. The second kappa shape index (κ2) is 10.0. The monoisotopic (exact) mass is 548 g/mol. The Labute approximate surface area is 247 Å². The van der Waals surface area contributed by atoms with E-state index < -0.39 is 0 Å². The standard InChI is InChI=1S/C39H36N2O/c1-23(2)30-21-29(27-12-8-7-9-13-27)22-31(24(3)4)37(30)41-35-15-11-10-14-34(35)40-39(41)28-16-17-36-32(20-28)33-19-25(5)18-26(6)38(33)42-36/h7-24H,1-6H3. The molecule has 2 heterocycles. The van der Waals surface area contributed by atoms with Crippen LogP contribution >= 0.6 is 0 Å². The van der Waals surface area contributed by atoms with Crippen molar-refractivity contribution in [3.8, 4) is 28.2 Å². The Morgan fingerprint density at radius 3 is 2.05 bits per heavy atom. The van der Waals surface area contributed by atoms with Crippen molar-refractivity contribution >= 4 is 33.0 Å². The lowest BCUT2D eigenvalue weighted by Crippen LogP contribution is -2.09. The van der Waals surface area contributed by atoms with Gasteiger partial charge in [-0.15, -0.1) is 0 Å². The van der Waals surface area contributed by atoms with Crippen molar-refractivity contribution in [2.45, 2.75) is 53.4 Å². The summed E-state index contributed by atoms with van der Waals surface area (Å²) in [6, 6.07) is 35.0. The summed E-state index contributed by atoms with van der Waals surface area (Å²) in [5, 5.41) is 2.28. The van der Waals surface area contributed by atoms with Gasteiger partial charge in [-0.25, -0.2) is 4.98 Å². The summed E-state index contributed by atoms with van der Waals surface area (Å²) in [5.41, 5.74) is 13.9. The molecule has 0 unspecified atom stereocenters. The highest BCUT2D eigenvalue weighted by atomic mass is 16.3. The number of hydrogen-bond acceptors (Lipinski definition) is 2. The zero-order chi connectivity index (χ0) is 29.1. The molecule has 0 amide bonds. The van der Waals surface area contributed by atoms with Gasteiger partial charge >= 0.3 is 0 Å². The van der Waals surface area contributed by atoms with E-state index in [1.54, 1.807) is 0 Å². The molecule has 0 aliphatic carbocycles. The predicted octanol–water partition coefficient (Wildman–Crippen LogP) is 11.1. The fourth-order valence-electron chi connectivity index (χ4n) is 6.43. The molecule has 0 fully saturated rings. The predicted molar refractivity (Wildman–Crippen MR) is 177 cm³/mol. The van der Waals surface area contributed by atoms with Crippen LogP contribution in [0, 0.1) is 13.8 Å². The Morgan fingerprint density at radius 2 is 1.33 bits per heavy atom. The van der Waals surface area contributed by atoms with Gasteiger partial charge in [-0.2, -0.15) is 0 Å². The zero-order valence-corrected chi connectivity index (χ0v) is 25.2. The summed E-state index contributed by atoms with van der Waals surface area (Å²) in [7, 11) is 0. The van der Waals surface area contributed by atoms with E-state index in [1.807, 2.05) is 0 Å². The summed E-state index contributed by atoms with van der Waals surface area (Å²) >= 11 is 0. The molecule has 0 aliphatic rings. The SMILES string of the molecule is Cc1cc(C)c2oc3ccc(-c4nc5ccccc5n4-c4c(C(C)C)cc(-c5ccccc5)cc4C(C)C)cc3c2c1. The maximum Gasteiger partial charge on any atom is 0.145 e. The maximum atomic E-state index is 6.33. The van der Waals surface area contributed by atoms with Gasteiger partial charge in [0.15, 0.2) is 0 Å². The molecule has 0 N–H and O–H groups in total. The molecule has 0 atom stereocenters. The van der Waals surface area contributed by atoms with E-state index in [0.717, 1.165) is 49.9 Å². The molecule has 0 aliphatic heterocycles. The number of rotatable bonds is 5. The fourth-order valence-corrected chi connectivity index (χ4v) is 6.43. The molecular formula is C39H36N2O. The van der Waals surface area contributed by atoms with Gasteiger partial charge in [0.05, 0.1) is 16.7 Å². The lowest BCUT2D eigenvalue weighted by molar-refractivity contribution is 0.665. The number of fused-ring (bicyclic) bond motifs is 4. The number of benzene rings is 5. The molecule has 3 heteroatoms. The first-order valence-electron chi connectivity index (χ1n) is 14.9. The fraction of sp³-hybridized carbons (Fsp3) is 0.205. The molecule has 0 radical (unpaired) electrons. The van der Waals surface area contributed by atoms with Gasteiger partial charge in [0.2, 0.25) is 0 Å². The molecule has 0 bridgehead atoms. The van der Waals surface area contributed by atoms with Crippen LogP contribution in [0.5, 0.6) is 0 Å². The third-order valence-electron chi connectivity index (χ3n) is 8.46. The van der Waals surface area contributed by atoms with Crippen LogP contribution in [0.3, 0.4) is 0 Å². The topological polar surface area (TPSA) is 31.0 Å². The molecule has 7 aromatic rings. The average molecular weight is 549 g/mol. The van der Waals surface area contributed by atoms with Crippen molar-refractivity contribution < 1.29 is 4.42 Å². The van der Waals surface area contributed by atoms with Crippen LogP contribution in [0.15, 0.2) is 101 Å². The smallest absolute Gasteiger partial charge is 0.145 e. The Morgan fingerprint density at radius 1 is 0.643 bits per heavy atom. The highest BCUT2D eigenvalue weighted by molar-refractivity contribution is 6.07. The van der Waals surface area contributed by atoms with Gasteiger partial charge < -0.3 is 4.42 Å². The van der Waals surface area contributed by atoms with Crippen molar-refractivity contribution in [3.63, 3.8) is 0 Å². The Balaban J connectivity index is 1.55. The summed E-state index contributed by atoms with van der Waals surface area (Å²) in [6.07, 6.45) is 0. The van der Waals surface area contributed by atoms with Crippen LogP contribution < -0.4 is 0 Å². The van der Waals surface area contributed by atoms with Crippen LogP contribution in [0.25, 0.3) is 61.2 Å². The number of imidazole rings is 1. The molecule has 7 rings (SSSR count). The van der Waals surface area contributed by atoms with E-state index in [2.05, 4.69) is 143 Å². The Bertz CT molecular complexity index is 2080. The number of hydrogen-bond donors (Lipinski definition) is 0. The van der Waals surface area contributed by atoms with Crippen molar-refractivity contribution in [2.24, 2.45) is 0 Å². The van der Waals surface area contributed by atoms with Crippen molar-refractivity contribution in [1.82, 2.24) is 9.55 Å². The lowest BCUT2D eigenvalue weighted by Gasteiger charge is -2.24. The third kappa shape index (κ3) is 4.23. The molecular weight excluding hydrogens is 512 g/mol. The van der Waals surface area contributed by atoms with E-state index in [1.165, 1.54) is 33.5 Å². The normalized spacial score (nSPS) is 12.0. The summed E-state index contributed by atoms with van der Waals surface area (Å²) in [5.74, 6) is 1.59. The molecule has 0 saturated carbocycles. The molecule has 0 spiro atoms. The van der Waals surface area contributed by atoms with Crippen LogP contribution in [-0.2, 0) is 0 Å². The van der Waals surface area contributed by atoms with Gasteiger partial charge in [0.1, 0.15) is 17.0 Å². The number of para-hydroxylation sites is 2. The molecule has 3 nitrogen and oxygen atoms in total. The third-order valence-corrected chi connectivity index (χ3v) is 8.46. The first-order valence-corrected chi connectivity index (χ1v) is 14.9. The van der Waals surface area contributed by atoms with Crippen molar-refractivity contribution in [1.29, 1.82) is 0 Å². The Kier molecular flexibility index (Phi) is 6.27. The van der Waals surface area contributed by atoms with Gasteiger partial charge in [0, 0.05) is 16.3 Å². The number of furan rings is 1. The number of nitrogens with zero attached hydrogens (tertiary/aromatic N) is 2. The summed E-state index contributed by atoms with van der Waals surface area (Å²) in [6.45, 7) is 13.5. The molecule has 208 valence electrons. The van der Waals surface area contributed by atoms with Crippen LogP contribution in [-0.4, -0.2) is 9.55 Å². The minimum absolute atomic E-state index is 0.321. The summed E-state index contributed by atoms with van der Waals surface area (Å²) < 4.78 is 8.74. The molecule has 42 heavy (non-hydrogen) atoms. The highest BCUT2D eigenvalue weighted by Crippen LogP contribution is 2.41. The van der Waals surface area contributed by atoms with Gasteiger partial charge in [-0.05, 0) is 108 Å². The van der Waals surface area contributed by atoms with Crippen LogP contribution in [0.4, 0.5) is 0 Å². The average Bonchev–Trinajstić information content (AvgIpc) is 3.55. The van der Waals surface area contributed by atoms with Crippen LogP contribution in [0.1, 0.15) is 61.8 Å². The highest BCUT2D eigenvalue weighted by Gasteiger charge is 2.24. The van der Waals surface area contributed by atoms with Crippen LogP contribution in [0.2, 0.25) is 0 Å². The number of aryl methyl sites for hydroxylation is 2. The second-order valence-electron chi connectivity index (χ2n) is 12.2. The van der Waals surface area contributed by atoms with Crippen molar-refractivity contribution in [3.05, 3.63) is 119 Å². The molecule has 2 aromatic heterocycles. The quantitative estimate of drug-likeness (QED) is 0.214. The van der Waals surface area contributed by atoms with Gasteiger partial charge in [-0.1, -0.05) is 76.2 Å². The van der Waals surface area contributed by atoms with E-state index in [4.69, 9.17) is 9.40 Å². The largest absolute Gasteiger partial charge is 0.456 e.